The van der Waals surface area contributed by atoms with Crippen LogP contribution in [0.25, 0.3) is 0 Å². The normalized spacial score (nSPS) is 11.9. The van der Waals surface area contributed by atoms with Crippen LogP contribution in [0, 0.1) is 20.8 Å². The van der Waals surface area contributed by atoms with Crippen LogP contribution in [0.15, 0.2) is 15.3 Å². The van der Waals surface area contributed by atoms with Crippen LogP contribution < -0.4 is 4.72 Å². The van der Waals surface area contributed by atoms with Crippen LogP contribution >= 0.6 is 34.4 Å². The second-order valence-electron chi connectivity index (χ2n) is 4.11. The van der Waals surface area contributed by atoms with Crippen molar-refractivity contribution < 1.29 is 8.42 Å². The molecule has 0 fully saturated rings. The zero-order valence-corrected chi connectivity index (χ0v) is 14.6. The van der Waals surface area contributed by atoms with Gasteiger partial charge >= 0.3 is 0 Å². The summed E-state index contributed by atoms with van der Waals surface area (Å²) in [5, 5.41) is 8.81. The lowest BCUT2D eigenvalue weighted by atomic mass is 10.4. The summed E-state index contributed by atoms with van der Waals surface area (Å²) >= 11 is 4.51. The van der Waals surface area contributed by atoms with E-state index in [1.807, 2.05) is 20.8 Å². The van der Waals surface area contributed by atoms with E-state index in [0.717, 1.165) is 19.1 Å². The zero-order valence-electron chi connectivity index (χ0n) is 11.3. The molecule has 0 aliphatic heterocycles. The van der Waals surface area contributed by atoms with Crippen LogP contribution in [0.5, 0.6) is 0 Å². The maximum Gasteiger partial charge on any atom is 0.241 e. The predicted octanol–water partition coefficient (Wildman–Crippen LogP) is 2.60. The quantitative estimate of drug-likeness (QED) is 0.641. The van der Waals surface area contributed by atoms with E-state index in [1.54, 1.807) is 6.07 Å². The third-order valence-corrected chi connectivity index (χ3v) is 7.07. The molecule has 0 aromatic carbocycles. The molecule has 110 valence electrons. The summed E-state index contributed by atoms with van der Waals surface area (Å²) in [6, 6.07) is 1.71. The van der Waals surface area contributed by atoms with Gasteiger partial charge in [-0.1, -0.05) is 23.1 Å². The number of rotatable bonds is 6. The highest BCUT2D eigenvalue weighted by Gasteiger charge is 2.18. The molecule has 0 atom stereocenters. The number of aryl methyl sites for hydroxylation is 3. The van der Waals surface area contributed by atoms with Crippen LogP contribution in [0.1, 0.15) is 14.8 Å². The van der Waals surface area contributed by atoms with Crippen LogP contribution in [-0.4, -0.2) is 30.9 Å². The molecule has 0 spiro atoms. The number of nitrogens with one attached hydrogen (secondary N) is 1. The van der Waals surface area contributed by atoms with Crippen molar-refractivity contribution in [1.82, 2.24) is 14.9 Å². The zero-order chi connectivity index (χ0) is 14.8. The van der Waals surface area contributed by atoms with Crippen molar-refractivity contribution in [1.29, 1.82) is 0 Å². The van der Waals surface area contributed by atoms with Gasteiger partial charge in [-0.05, 0) is 26.8 Å². The molecule has 0 aliphatic carbocycles. The van der Waals surface area contributed by atoms with E-state index in [2.05, 4.69) is 14.9 Å². The highest BCUT2D eigenvalue weighted by atomic mass is 32.2. The molecule has 0 bridgehead atoms. The molecule has 2 heterocycles. The maximum absolute atomic E-state index is 12.1. The molecule has 0 saturated heterocycles. The third-order valence-electron chi connectivity index (χ3n) is 2.41. The number of thiophene rings is 1. The fraction of sp³-hybridized carbons (Fsp3) is 0.455. The maximum atomic E-state index is 12.1. The lowest BCUT2D eigenvalue weighted by Crippen LogP contribution is -2.26. The predicted molar refractivity (Wildman–Crippen MR) is 84.4 cm³/mol. The second kappa shape index (κ2) is 6.52. The van der Waals surface area contributed by atoms with E-state index < -0.39 is 10.0 Å². The van der Waals surface area contributed by atoms with Crippen LogP contribution in [0.2, 0.25) is 0 Å². The van der Waals surface area contributed by atoms with Crippen molar-refractivity contribution in [2.45, 2.75) is 30.0 Å². The first kappa shape index (κ1) is 15.9. The second-order valence-corrected chi connectivity index (χ2v) is 9.83. The number of aromatic nitrogens is 2. The fourth-order valence-corrected chi connectivity index (χ4v) is 6.06. The van der Waals surface area contributed by atoms with Gasteiger partial charge in [-0.15, -0.1) is 21.5 Å². The summed E-state index contributed by atoms with van der Waals surface area (Å²) in [5.74, 6) is 0.635. The molecule has 2 rings (SSSR count). The fourth-order valence-electron chi connectivity index (χ4n) is 1.60. The Morgan fingerprint density at radius 1 is 1.25 bits per heavy atom. The van der Waals surface area contributed by atoms with E-state index in [4.69, 9.17) is 0 Å². The monoisotopic (exact) mass is 349 g/mol. The Morgan fingerprint density at radius 3 is 2.55 bits per heavy atom. The Balaban J connectivity index is 1.88. The summed E-state index contributed by atoms with van der Waals surface area (Å²) in [5.41, 5.74) is 0. The van der Waals surface area contributed by atoms with Gasteiger partial charge in [-0.3, -0.25) is 0 Å². The topological polar surface area (TPSA) is 72.0 Å². The number of nitrogens with zero attached hydrogens (tertiary/aromatic N) is 2. The summed E-state index contributed by atoms with van der Waals surface area (Å²) in [7, 11) is -3.40. The SMILES string of the molecule is Cc1cc(S(=O)(=O)NCCSc2nnc(C)s2)c(C)s1. The average Bonchev–Trinajstić information content (AvgIpc) is 2.91. The van der Waals surface area contributed by atoms with Crippen molar-refractivity contribution in [2.24, 2.45) is 0 Å². The van der Waals surface area contributed by atoms with Gasteiger partial charge in [0.1, 0.15) is 5.01 Å². The van der Waals surface area contributed by atoms with Gasteiger partial charge in [0.15, 0.2) is 4.34 Å². The standard InChI is InChI=1S/C11H15N3O2S4/c1-7-6-10(8(2)18-7)20(15,16)12-4-5-17-11-14-13-9(3)19-11/h6,12H,4-5H2,1-3H3. The van der Waals surface area contributed by atoms with Gasteiger partial charge in [-0.2, -0.15) is 0 Å². The van der Waals surface area contributed by atoms with Gasteiger partial charge in [-0.25, -0.2) is 13.1 Å². The van der Waals surface area contributed by atoms with E-state index in [9.17, 15) is 8.42 Å². The lowest BCUT2D eigenvalue weighted by molar-refractivity contribution is 0.584. The Labute approximate surface area is 130 Å². The molecule has 0 radical (unpaired) electrons. The van der Waals surface area contributed by atoms with Crippen molar-refractivity contribution >= 4 is 44.5 Å². The van der Waals surface area contributed by atoms with Crippen molar-refractivity contribution in [3.05, 3.63) is 20.8 Å². The molecule has 5 nitrogen and oxygen atoms in total. The number of sulfonamides is 1. The van der Waals surface area contributed by atoms with Crippen molar-refractivity contribution in [2.75, 3.05) is 12.3 Å². The molecule has 20 heavy (non-hydrogen) atoms. The Morgan fingerprint density at radius 2 is 2.00 bits per heavy atom. The molecule has 2 aromatic rings. The smallest absolute Gasteiger partial charge is 0.210 e. The molecule has 0 unspecified atom stereocenters. The highest BCUT2D eigenvalue weighted by molar-refractivity contribution is 8.01. The van der Waals surface area contributed by atoms with Gasteiger partial charge < -0.3 is 0 Å². The van der Waals surface area contributed by atoms with E-state index in [-0.39, 0.29) is 0 Å². The molecule has 1 N–H and O–H groups in total. The Hall–Kier alpha value is -0.480. The van der Waals surface area contributed by atoms with E-state index in [1.165, 1.54) is 34.4 Å². The van der Waals surface area contributed by atoms with Crippen molar-refractivity contribution in [3.63, 3.8) is 0 Å². The number of hydrogen-bond acceptors (Lipinski definition) is 7. The van der Waals surface area contributed by atoms with Crippen molar-refractivity contribution in [3.8, 4) is 0 Å². The summed E-state index contributed by atoms with van der Waals surface area (Å²) in [6.07, 6.45) is 0. The minimum atomic E-state index is -3.40. The minimum absolute atomic E-state index is 0.375. The minimum Gasteiger partial charge on any atom is -0.210 e. The highest BCUT2D eigenvalue weighted by Crippen LogP contribution is 2.25. The summed E-state index contributed by atoms with van der Waals surface area (Å²) in [4.78, 5) is 2.21. The number of thioether (sulfide) groups is 1. The molecular formula is C11H15N3O2S4. The molecule has 9 heteroatoms. The van der Waals surface area contributed by atoms with Crippen LogP contribution in [-0.2, 0) is 10.0 Å². The van der Waals surface area contributed by atoms with Gasteiger partial charge in [0.05, 0.1) is 4.90 Å². The Bertz CT molecular complexity index is 690. The van der Waals surface area contributed by atoms with E-state index in [0.29, 0.717) is 17.2 Å². The third kappa shape index (κ3) is 4.01. The first-order valence-corrected chi connectivity index (χ1v) is 9.98. The van der Waals surface area contributed by atoms with Crippen LogP contribution in [0.3, 0.4) is 0 Å². The largest absolute Gasteiger partial charge is 0.241 e. The molecule has 0 aliphatic rings. The molecule has 0 saturated carbocycles. The summed E-state index contributed by atoms with van der Waals surface area (Å²) in [6.45, 7) is 6.00. The first-order valence-electron chi connectivity index (χ1n) is 5.88. The average molecular weight is 350 g/mol. The van der Waals surface area contributed by atoms with Crippen LogP contribution in [0.4, 0.5) is 0 Å². The van der Waals surface area contributed by atoms with Gasteiger partial charge in [0, 0.05) is 22.1 Å². The lowest BCUT2D eigenvalue weighted by Gasteiger charge is -2.05. The first-order chi connectivity index (χ1) is 9.38. The molecule has 0 amide bonds. The number of hydrogen-bond donors (Lipinski definition) is 1. The van der Waals surface area contributed by atoms with E-state index >= 15 is 0 Å². The molecular weight excluding hydrogens is 334 g/mol. The Kier molecular flexibility index (Phi) is 5.19. The van der Waals surface area contributed by atoms with Gasteiger partial charge in [0.25, 0.3) is 0 Å². The summed E-state index contributed by atoms with van der Waals surface area (Å²) < 4.78 is 27.8. The molecule has 2 aromatic heterocycles. The van der Waals surface area contributed by atoms with Gasteiger partial charge in [0.2, 0.25) is 10.0 Å².